The fourth-order valence-corrected chi connectivity index (χ4v) is 2.96. The summed E-state index contributed by atoms with van der Waals surface area (Å²) in [6.45, 7) is 4.31. The van der Waals surface area contributed by atoms with Crippen LogP contribution in [0.15, 0.2) is 0 Å². The minimum absolute atomic E-state index is 0.0770. The van der Waals surface area contributed by atoms with E-state index < -0.39 is 5.97 Å². The van der Waals surface area contributed by atoms with Crippen LogP contribution in [0.25, 0.3) is 0 Å². The van der Waals surface area contributed by atoms with Crippen molar-refractivity contribution in [2.24, 2.45) is 0 Å². The van der Waals surface area contributed by atoms with Crippen molar-refractivity contribution in [2.75, 3.05) is 33.2 Å². The molecule has 2 rings (SSSR count). The van der Waals surface area contributed by atoms with Crippen molar-refractivity contribution < 1.29 is 14.7 Å². The number of carbonyl (C=O) groups is 2. The number of hydrogen-bond donors (Lipinski definition) is 3. The molecule has 7 heteroatoms. The summed E-state index contributed by atoms with van der Waals surface area (Å²) in [5.74, 6) is -0.796. The van der Waals surface area contributed by atoms with Gasteiger partial charge in [-0.1, -0.05) is 6.92 Å². The summed E-state index contributed by atoms with van der Waals surface area (Å²) in [6, 6.07) is 1.03. The molecule has 126 valence electrons. The highest BCUT2D eigenvalue weighted by molar-refractivity contribution is 5.74. The van der Waals surface area contributed by atoms with Gasteiger partial charge in [0.1, 0.15) is 0 Å². The van der Waals surface area contributed by atoms with Crippen molar-refractivity contribution in [2.45, 2.75) is 50.7 Å². The zero-order chi connectivity index (χ0) is 16.1. The summed E-state index contributed by atoms with van der Waals surface area (Å²) in [5, 5.41) is 14.7. The zero-order valence-corrected chi connectivity index (χ0v) is 13.5. The van der Waals surface area contributed by atoms with Crippen molar-refractivity contribution in [1.82, 2.24) is 20.4 Å². The Kier molecular flexibility index (Phi) is 6.02. The Morgan fingerprint density at radius 3 is 2.45 bits per heavy atom. The van der Waals surface area contributed by atoms with Gasteiger partial charge in [-0.2, -0.15) is 0 Å². The van der Waals surface area contributed by atoms with E-state index in [9.17, 15) is 9.59 Å². The van der Waals surface area contributed by atoms with Crippen LogP contribution in [0.3, 0.4) is 0 Å². The van der Waals surface area contributed by atoms with Crippen molar-refractivity contribution in [3.63, 3.8) is 0 Å². The number of nitrogens with one attached hydrogen (secondary N) is 2. The molecule has 0 atom stereocenters. The zero-order valence-electron chi connectivity index (χ0n) is 13.5. The normalized spacial score (nSPS) is 24.2. The summed E-state index contributed by atoms with van der Waals surface area (Å²) in [4.78, 5) is 26.8. The van der Waals surface area contributed by atoms with E-state index >= 15 is 0 Å². The van der Waals surface area contributed by atoms with Gasteiger partial charge in [0, 0.05) is 31.2 Å². The van der Waals surface area contributed by atoms with Crippen LogP contribution in [0.1, 0.15) is 32.6 Å². The van der Waals surface area contributed by atoms with Crippen LogP contribution in [-0.2, 0) is 4.79 Å². The first-order valence-electron chi connectivity index (χ1n) is 8.20. The Bertz CT molecular complexity index is 394. The molecule has 22 heavy (non-hydrogen) atoms. The lowest BCUT2D eigenvalue weighted by Crippen LogP contribution is -2.56. The van der Waals surface area contributed by atoms with Crippen LogP contribution >= 0.6 is 0 Å². The first kappa shape index (κ1) is 17.0. The van der Waals surface area contributed by atoms with Crippen LogP contribution < -0.4 is 10.6 Å². The average molecular weight is 312 g/mol. The molecule has 2 aliphatic rings. The Balaban J connectivity index is 1.56. The maximum absolute atomic E-state index is 11.8. The highest BCUT2D eigenvalue weighted by atomic mass is 16.4. The Labute approximate surface area is 132 Å². The molecule has 2 saturated carbocycles. The lowest BCUT2D eigenvalue weighted by molar-refractivity contribution is -0.139. The van der Waals surface area contributed by atoms with Gasteiger partial charge in [0.15, 0.2) is 0 Å². The molecule has 2 aliphatic carbocycles. The van der Waals surface area contributed by atoms with Crippen LogP contribution in [0.2, 0.25) is 0 Å². The summed E-state index contributed by atoms with van der Waals surface area (Å²) in [6.07, 6.45) is 4.21. The van der Waals surface area contributed by atoms with Gasteiger partial charge in [0.25, 0.3) is 0 Å². The van der Waals surface area contributed by atoms with Gasteiger partial charge in [0.2, 0.25) is 0 Å². The number of urea groups is 1. The van der Waals surface area contributed by atoms with Crippen molar-refractivity contribution in [3.05, 3.63) is 0 Å². The SMILES string of the molecule is CCN(CC(=O)O)C1CC(NC(=O)NCCN(C)C2CC2)C1. The molecule has 0 saturated heterocycles. The maximum Gasteiger partial charge on any atom is 0.317 e. The first-order valence-corrected chi connectivity index (χ1v) is 8.20. The van der Waals surface area contributed by atoms with Crippen LogP contribution in [0, 0.1) is 0 Å². The largest absolute Gasteiger partial charge is 0.480 e. The molecular weight excluding hydrogens is 284 g/mol. The van der Waals surface area contributed by atoms with Crippen LogP contribution in [0.5, 0.6) is 0 Å². The van der Waals surface area contributed by atoms with E-state index in [4.69, 9.17) is 5.11 Å². The van der Waals surface area contributed by atoms with Gasteiger partial charge in [-0.15, -0.1) is 0 Å². The van der Waals surface area contributed by atoms with E-state index in [0.717, 1.165) is 25.9 Å². The first-order chi connectivity index (χ1) is 10.5. The molecule has 7 nitrogen and oxygen atoms in total. The molecule has 2 amide bonds. The number of carbonyl (C=O) groups excluding carboxylic acids is 1. The average Bonchev–Trinajstić information content (AvgIpc) is 3.24. The van der Waals surface area contributed by atoms with E-state index in [-0.39, 0.29) is 24.7 Å². The molecule has 0 radical (unpaired) electrons. The van der Waals surface area contributed by atoms with E-state index in [1.165, 1.54) is 12.8 Å². The second kappa shape index (κ2) is 7.78. The highest BCUT2D eigenvalue weighted by Crippen LogP contribution is 2.25. The molecular formula is C15H28N4O3. The molecule has 0 heterocycles. The second-order valence-electron chi connectivity index (χ2n) is 6.39. The summed E-state index contributed by atoms with van der Waals surface area (Å²) < 4.78 is 0. The third kappa shape index (κ3) is 5.14. The van der Waals surface area contributed by atoms with E-state index in [1.54, 1.807) is 0 Å². The minimum Gasteiger partial charge on any atom is -0.480 e. The number of rotatable bonds is 9. The Hall–Kier alpha value is -1.34. The molecule has 3 N–H and O–H groups in total. The summed E-state index contributed by atoms with van der Waals surface area (Å²) in [5.41, 5.74) is 0. The third-order valence-corrected chi connectivity index (χ3v) is 4.63. The highest BCUT2D eigenvalue weighted by Gasteiger charge is 2.34. The number of hydrogen-bond acceptors (Lipinski definition) is 4. The predicted molar refractivity (Wildman–Crippen MR) is 83.9 cm³/mol. The standard InChI is InChI=1S/C15H28N4O3/c1-3-19(10-14(20)21)13-8-11(9-13)17-15(22)16-6-7-18(2)12-4-5-12/h11-13H,3-10H2,1-2H3,(H,20,21)(H2,16,17,22). The molecule has 0 unspecified atom stereocenters. The van der Waals surface area contributed by atoms with E-state index in [2.05, 4.69) is 22.6 Å². The fraction of sp³-hybridized carbons (Fsp3) is 0.867. The summed E-state index contributed by atoms with van der Waals surface area (Å²) in [7, 11) is 2.09. The topological polar surface area (TPSA) is 84.9 Å². The number of amides is 2. The van der Waals surface area contributed by atoms with Gasteiger partial charge in [-0.3, -0.25) is 9.69 Å². The van der Waals surface area contributed by atoms with Crippen molar-refractivity contribution >= 4 is 12.0 Å². The molecule has 0 aromatic carbocycles. The molecule has 0 spiro atoms. The number of aliphatic carboxylic acids is 1. The van der Waals surface area contributed by atoms with Gasteiger partial charge in [0.05, 0.1) is 6.54 Å². The van der Waals surface area contributed by atoms with Gasteiger partial charge in [-0.25, -0.2) is 4.79 Å². The van der Waals surface area contributed by atoms with Gasteiger partial charge < -0.3 is 20.6 Å². The van der Waals surface area contributed by atoms with Gasteiger partial charge >= 0.3 is 12.0 Å². The van der Waals surface area contributed by atoms with E-state index in [1.807, 2.05) is 11.8 Å². The number of carboxylic acid groups (broad SMARTS) is 1. The molecule has 0 bridgehead atoms. The molecule has 0 aromatic rings. The van der Waals surface area contributed by atoms with Crippen LogP contribution in [0.4, 0.5) is 4.79 Å². The second-order valence-corrected chi connectivity index (χ2v) is 6.39. The molecule has 2 fully saturated rings. The smallest absolute Gasteiger partial charge is 0.317 e. The van der Waals surface area contributed by atoms with E-state index in [0.29, 0.717) is 12.6 Å². The predicted octanol–water partition coefficient (Wildman–Crippen LogP) is 0.317. The minimum atomic E-state index is -0.796. The van der Waals surface area contributed by atoms with Crippen molar-refractivity contribution in [1.29, 1.82) is 0 Å². The van der Waals surface area contributed by atoms with Crippen molar-refractivity contribution in [3.8, 4) is 0 Å². The quantitative estimate of drug-likeness (QED) is 0.571. The monoisotopic (exact) mass is 312 g/mol. The third-order valence-electron chi connectivity index (χ3n) is 4.63. The Morgan fingerprint density at radius 1 is 1.23 bits per heavy atom. The fourth-order valence-electron chi connectivity index (χ4n) is 2.96. The number of carboxylic acids is 1. The van der Waals surface area contributed by atoms with Gasteiger partial charge in [-0.05, 0) is 39.3 Å². The number of likely N-dealkylation sites (N-methyl/N-ethyl adjacent to an activating group) is 2. The number of nitrogens with zero attached hydrogens (tertiary/aromatic N) is 2. The molecule has 0 aromatic heterocycles. The van der Waals surface area contributed by atoms with Crippen LogP contribution in [-0.4, -0.2) is 78.3 Å². The molecule has 0 aliphatic heterocycles. The maximum atomic E-state index is 11.8. The lowest BCUT2D eigenvalue weighted by atomic mass is 9.85. The lowest BCUT2D eigenvalue weighted by Gasteiger charge is -2.42. The summed E-state index contributed by atoms with van der Waals surface area (Å²) >= 11 is 0. The Morgan fingerprint density at radius 2 is 1.91 bits per heavy atom.